The van der Waals surface area contributed by atoms with E-state index in [0.717, 1.165) is 142 Å². The zero-order chi connectivity index (χ0) is 54.4. The lowest BCUT2D eigenvalue weighted by molar-refractivity contribution is -0.144. The van der Waals surface area contributed by atoms with Crippen molar-refractivity contribution in [2.75, 3.05) is 39.4 Å². The van der Waals surface area contributed by atoms with Gasteiger partial charge in [0.1, 0.15) is 0 Å². The lowest BCUT2D eigenvalue weighted by Crippen LogP contribution is -2.50. The molecule has 0 bridgehead atoms. The lowest BCUT2D eigenvalue weighted by Gasteiger charge is -2.54. The Kier molecular flexibility index (Phi) is 38.0. The van der Waals surface area contributed by atoms with Crippen molar-refractivity contribution in [2.24, 2.45) is 46.8 Å². The SMILES string of the molecule is CCCCCCCCCCC(=O)OCCCCCN(CCCCCCCCNC(=O)CC[C@@H](C)[C@H]1CC[C@H]2[C@@H]3[C@H](O)[C@H](CC)CC[C@H](O)CC[C@H](C)[C@H]3CC[C@]12C)CCCCCOC(=O)CCCCCCCCCC. The van der Waals surface area contributed by atoms with Gasteiger partial charge in [0.2, 0.25) is 5.91 Å². The van der Waals surface area contributed by atoms with Crippen LogP contribution in [0.2, 0.25) is 0 Å². The van der Waals surface area contributed by atoms with Gasteiger partial charge in [0.15, 0.2) is 0 Å². The molecule has 75 heavy (non-hydrogen) atoms. The summed E-state index contributed by atoms with van der Waals surface area (Å²) in [4.78, 5) is 40.3. The Labute approximate surface area is 463 Å². The number of hydrogen-bond donors (Lipinski definition) is 3. The van der Waals surface area contributed by atoms with Gasteiger partial charge < -0.3 is 29.9 Å². The maximum Gasteiger partial charge on any atom is 0.305 e. The average Bonchev–Trinajstić information content (AvgIpc) is 3.76. The topological polar surface area (TPSA) is 125 Å². The van der Waals surface area contributed by atoms with Gasteiger partial charge in [0.25, 0.3) is 0 Å². The summed E-state index contributed by atoms with van der Waals surface area (Å²) in [6.45, 7) is 19.2. The predicted octanol–water partition coefficient (Wildman–Crippen LogP) is 16.7. The molecule has 0 aromatic rings. The fourth-order valence-electron chi connectivity index (χ4n) is 14.4. The van der Waals surface area contributed by atoms with Crippen LogP contribution >= 0.6 is 0 Å². The Morgan fingerprint density at radius 2 is 1.05 bits per heavy atom. The Bertz CT molecular complexity index is 1380. The fourth-order valence-corrected chi connectivity index (χ4v) is 14.4. The number of fused-ring (bicyclic) bond motifs is 3. The summed E-state index contributed by atoms with van der Waals surface area (Å²) in [5.74, 6) is 3.52. The van der Waals surface area contributed by atoms with Crippen LogP contribution in [0.4, 0.5) is 0 Å². The first-order chi connectivity index (χ1) is 36.4. The third kappa shape index (κ3) is 28.3. The molecule has 440 valence electrons. The second-order valence-electron chi connectivity index (χ2n) is 25.4. The van der Waals surface area contributed by atoms with Crippen LogP contribution in [0.3, 0.4) is 0 Å². The van der Waals surface area contributed by atoms with E-state index in [9.17, 15) is 24.6 Å². The molecule has 9 nitrogen and oxygen atoms in total. The van der Waals surface area contributed by atoms with Crippen molar-refractivity contribution in [1.29, 1.82) is 0 Å². The molecular weight excluding hydrogens is 933 g/mol. The van der Waals surface area contributed by atoms with Gasteiger partial charge in [-0.1, -0.05) is 164 Å². The number of aliphatic hydroxyl groups excluding tert-OH is 2. The summed E-state index contributed by atoms with van der Waals surface area (Å²) in [6, 6.07) is 0. The highest BCUT2D eigenvalue weighted by Gasteiger charge is 2.57. The number of esters is 2. The van der Waals surface area contributed by atoms with Crippen molar-refractivity contribution in [3.05, 3.63) is 0 Å². The van der Waals surface area contributed by atoms with Gasteiger partial charge in [0.05, 0.1) is 25.4 Å². The van der Waals surface area contributed by atoms with Crippen molar-refractivity contribution in [1.82, 2.24) is 10.2 Å². The molecule has 0 spiro atoms. The molecule has 3 aliphatic carbocycles. The van der Waals surface area contributed by atoms with Crippen molar-refractivity contribution in [2.45, 2.75) is 317 Å². The second-order valence-corrected chi connectivity index (χ2v) is 25.4. The summed E-state index contributed by atoms with van der Waals surface area (Å²) < 4.78 is 11.2. The Balaban J connectivity index is 1.29. The number of amides is 1. The molecule has 0 radical (unpaired) electrons. The van der Waals surface area contributed by atoms with E-state index in [2.05, 4.69) is 51.8 Å². The van der Waals surface area contributed by atoms with E-state index in [1.807, 2.05) is 0 Å². The fraction of sp³-hybridized carbons (Fsp3) is 0.955. The lowest BCUT2D eigenvalue weighted by atomic mass is 9.52. The van der Waals surface area contributed by atoms with E-state index in [4.69, 9.17) is 9.47 Å². The number of carbonyl (C=O) groups excluding carboxylic acids is 3. The normalized spacial score (nSPS) is 25.4. The molecule has 10 atom stereocenters. The van der Waals surface area contributed by atoms with Gasteiger partial charge in [-0.25, -0.2) is 0 Å². The summed E-state index contributed by atoms with van der Waals surface area (Å²) in [7, 11) is 0. The van der Waals surface area contributed by atoms with Crippen molar-refractivity contribution >= 4 is 17.8 Å². The molecule has 3 aliphatic rings. The number of carbonyl (C=O) groups is 3. The monoisotopic (exact) mass is 1060 g/mol. The molecule has 0 heterocycles. The highest BCUT2D eigenvalue weighted by atomic mass is 16.5. The number of nitrogens with zero attached hydrogens (tertiary/aromatic N) is 1. The number of rotatable bonds is 44. The molecule has 0 saturated heterocycles. The maximum absolute atomic E-state index is 13.1. The zero-order valence-electron chi connectivity index (χ0n) is 50.3. The van der Waals surface area contributed by atoms with E-state index in [0.29, 0.717) is 68.0 Å². The number of unbranched alkanes of at least 4 members (excludes halogenated alkanes) is 23. The number of hydrogen-bond acceptors (Lipinski definition) is 8. The minimum absolute atomic E-state index is 0.0293. The van der Waals surface area contributed by atoms with Crippen molar-refractivity contribution < 1.29 is 34.1 Å². The Morgan fingerprint density at radius 1 is 0.573 bits per heavy atom. The Hall–Kier alpha value is -1.71. The number of nitrogens with one attached hydrogen (secondary N) is 1. The molecule has 0 aliphatic heterocycles. The summed E-state index contributed by atoms with van der Waals surface area (Å²) in [5.41, 5.74) is 0.230. The average molecular weight is 1060 g/mol. The summed E-state index contributed by atoms with van der Waals surface area (Å²) >= 11 is 0. The minimum atomic E-state index is -0.278. The summed E-state index contributed by atoms with van der Waals surface area (Å²) in [5, 5.41) is 26.0. The highest BCUT2D eigenvalue weighted by Crippen LogP contribution is 2.63. The minimum Gasteiger partial charge on any atom is -0.466 e. The molecule has 1 amide bonds. The molecule has 9 heteroatoms. The van der Waals surface area contributed by atoms with E-state index in [-0.39, 0.29) is 41.4 Å². The van der Waals surface area contributed by atoms with E-state index >= 15 is 0 Å². The van der Waals surface area contributed by atoms with Crippen LogP contribution in [-0.2, 0) is 23.9 Å². The van der Waals surface area contributed by atoms with Gasteiger partial charge in [-0.2, -0.15) is 0 Å². The van der Waals surface area contributed by atoms with Gasteiger partial charge in [0, 0.05) is 25.8 Å². The maximum atomic E-state index is 13.1. The first-order valence-corrected chi connectivity index (χ1v) is 33.1. The third-order valence-corrected chi connectivity index (χ3v) is 19.4. The van der Waals surface area contributed by atoms with E-state index in [1.165, 1.54) is 128 Å². The first kappa shape index (κ1) is 67.6. The van der Waals surface area contributed by atoms with E-state index in [1.54, 1.807) is 0 Å². The molecule has 0 aromatic heterocycles. The quantitative estimate of drug-likeness (QED) is 0.0407. The second kappa shape index (κ2) is 42.2. The standard InChI is InChI=1S/C66H124N2O7/c1-7-10-12-14-16-18-22-28-36-62(71)74-52-34-26-32-50-68(51-33-27-35-53-75-63(72)37-29-23-19-17-15-13-11-8-2)49-31-25-21-20-24-30-48-67-61(70)45-39-55(5)59-43-44-60-64-58(46-47-66(59,60)6)54(4)38-41-57(69)42-40-56(9-3)65(64)73/h54-60,64-65,69,73H,7-53H2,1-6H3,(H,67,70)/t54-,55+,56+,57+,58+,59+,60-,64+,65+,66+/m0/s1. The van der Waals surface area contributed by atoms with Crippen LogP contribution in [0, 0.1) is 46.8 Å². The predicted molar refractivity (Wildman–Crippen MR) is 314 cm³/mol. The molecule has 3 saturated carbocycles. The van der Waals surface area contributed by atoms with Crippen molar-refractivity contribution in [3.63, 3.8) is 0 Å². The smallest absolute Gasteiger partial charge is 0.305 e. The van der Waals surface area contributed by atoms with Crippen LogP contribution in [0.5, 0.6) is 0 Å². The van der Waals surface area contributed by atoms with Crippen LogP contribution in [0.25, 0.3) is 0 Å². The third-order valence-electron chi connectivity index (χ3n) is 19.4. The molecular formula is C66H124N2O7. The van der Waals surface area contributed by atoms with Crippen molar-refractivity contribution in [3.8, 4) is 0 Å². The van der Waals surface area contributed by atoms with Crippen LogP contribution < -0.4 is 5.32 Å². The molecule has 3 fully saturated rings. The Morgan fingerprint density at radius 3 is 1.59 bits per heavy atom. The van der Waals surface area contributed by atoms with Gasteiger partial charge in [-0.05, 0) is 188 Å². The van der Waals surface area contributed by atoms with E-state index < -0.39 is 0 Å². The van der Waals surface area contributed by atoms with Crippen LogP contribution in [-0.4, -0.2) is 84.6 Å². The van der Waals surface area contributed by atoms with Gasteiger partial charge >= 0.3 is 11.9 Å². The summed E-state index contributed by atoms with van der Waals surface area (Å²) in [6.07, 6.45) is 44.8. The van der Waals surface area contributed by atoms with Gasteiger partial charge in [-0.3, -0.25) is 14.4 Å². The number of ether oxygens (including phenoxy) is 2. The molecule has 0 unspecified atom stereocenters. The van der Waals surface area contributed by atoms with Crippen LogP contribution in [0.1, 0.15) is 305 Å². The van der Waals surface area contributed by atoms with Crippen LogP contribution in [0.15, 0.2) is 0 Å². The van der Waals surface area contributed by atoms with Gasteiger partial charge in [-0.15, -0.1) is 0 Å². The molecule has 3 rings (SSSR count). The number of aliphatic hydroxyl groups is 2. The zero-order valence-corrected chi connectivity index (χ0v) is 50.3. The largest absolute Gasteiger partial charge is 0.466 e. The molecule has 0 aromatic carbocycles. The highest BCUT2D eigenvalue weighted by molar-refractivity contribution is 5.75. The first-order valence-electron chi connectivity index (χ1n) is 33.1. The molecule has 3 N–H and O–H groups in total.